The molecule has 61 heavy (non-hydrogen) atoms. The van der Waals surface area contributed by atoms with Gasteiger partial charge >= 0.3 is 12.1 Å². The molecule has 2 aromatic rings. The van der Waals surface area contributed by atoms with E-state index in [9.17, 15) is 24.7 Å². The van der Waals surface area contributed by atoms with E-state index in [4.69, 9.17) is 28.4 Å². The number of pyridine rings is 1. The van der Waals surface area contributed by atoms with Crippen LogP contribution in [0.15, 0.2) is 30.5 Å². The van der Waals surface area contributed by atoms with Crippen LogP contribution in [0.1, 0.15) is 86.6 Å². The number of aryl methyl sites for hydroxylation is 1. The first-order valence-corrected chi connectivity index (χ1v) is 21.7. The number of aliphatic hydroxyl groups excluding tert-OH is 1. The molecule has 3 fully saturated rings. The molecule has 13 atom stereocenters. The summed E-state index contributed by atoms with van der Waals surface area (Å²) in [6, 6.07) is 6.69. The first kappa shape index (κ1) is 46.6. The second kappa shape index (κ2) is 18.4. The molecule has 4 aliphatic rings. The fourth-order valence-electron chi connectivity index (χ4n) is 10.6. The lowest BCUT2D eigenvalue weighted by Gasteiger charge is -2.47. The van der Waals surface area contributed by atoms with Gasteiger partial charge in [-0.25, -0.2) is 9.80 Å². The zero-order valence-electron chi connectivity index (χ0n) is 38.0. The number of hydrogen-bond acceptors (Lipinski definition) is 14. The summed E-state index contributed by atoms with van der Waals surface area (Å²) >= 11 is 0. The van der Waals surface area contributed by atoms with Gasteiger partial charge in [-0.2, -0.15) is 9.75 Å². The van der Waals surface area contributed by atoms with Gasteiger partial charge in [0.15, 0.2) is 23.4 Å². The molecule has 1 aromatic carbocycles. The molecule has 5 heterocycles. The molecule has 16 nitrogen and oxygen atoms in total. The lowest BCUT2D eigenvalue weighted by atomic mass is 9.73. The molecule has 1 aromatic heterocycles. The Labute approximate surface area is 360 Å². The number of ether oxygens (including phenoxy) is 6. The van der Waals surface area contributed by atoms with Crippen LogP contribution in [0.2, 0.25) is 0 Å². The number of rotatable bonds is 10. The van der Waals surface area contributed by atoms with Crippen LogP contribution in [0.4, 0.5) is 4.79 Å². The number of likely N-dealkylation sites (N-methyl/N-ethyl adjacent to an activating group) is 1. The number of benzene rings is 1. The number of nitrogens with zero attached hydrogens (tertiary/aromatic N) is 5. The van der Waals surface area contributed by atoms with E-state index in [1.807, 2.05) is 77.9 Å². The third-order valence-corrected chi connectivity index (χ3v) is 13.9. The van der Waals surface area contributed by atoms with Crippen LogP contribution in [0.3, 0.4) is 0 Å². The van der Waals surface area contributed by atoms with E-state index in [0.29, 0.717) is 37.3 Å². The van der Waals surface area contributed by atoms with E-state index in [-0.39, 0.29) is 31.7 Å². The van der Waals surface area contributed by atoms with Gasteiger partial charge in [-0.15, -0.1) is 0 Å². The number of amides is 1. The minimum Gasteiger partial charge on any atom is -0.623 e. The first-order chi connectivity index (χ1) is 28.8. The Morgan fingerprint density at radius 3 is 2.44 bits per heavy atom. The number of Topliss-reactive ketones (excluding diaryl/α,β-unsaturated/α-hetero) is 1. The summed E-state index contributed by atoms with van der Waals surface area (Å²) in [6.45, 7) is 14.5. The molecule has 0 spiro atoms. The second-order valence-corrected chi connectivity index (χ2v) is 18.3. The van der Waals surface area contributed by atoms with Crippen LogP contribution in [-0.2, 0) is 39.7 Å². The van der Waals surface area contributed by atoms with Crippen molar-refractivity contribution >= 4 is 34.5 Å². The SMILES string of the molecule is CC[C@@H]1OC(=O)[C@H](C)C(=O)[C@H](C)[C@@H](O[C@@H]2O[C@H](C)C[C@H](N(C)C)[C@H]2O)[C@@](C)(OC)C[C@@H](C)C2=[N+]([O-])CN(CCCc3ccnc4cc(OC)ccc34)N3C(=O)O[C@@]1(C)[C@H]3[C@@H]2C. The van der Waals surface area contributed by atoms with Crippen molar-refractivity contribution in [1.82, 2.24) is 19.9 Å². The van der Waals surface area contributed by atoms with Gasteiger partial charge in [-0.1, -0.05) is 27.7 Å². The zero-order chi connectivity index (χ0) is 44.7. The van der Waals surface area contributed by atoms with Crippen LogP contribution in [0, 0.1) is 28.9 Å². The molecule has 3 saturated heterocycles. The minimum absolute atomic E-state index is 0.169. The summed E-state index contributed by atoms with van der Waals surface area (Å²) in [6.07, 6.45) is -1.07. The van der Waals surface area contributed by atoms with Crippen LogP contribution < -0.4 is 4.74 Å². The third-order valence-electron chi connectivity index (χ3n) is 13.9. The van der Waals surface area contributed by atoms with Crippen molar-refractivity contribution in [2.24, 2.45) is 23.7 Å². The highest BCUT2D eigenvalue weighted by Gasteiger charge is 2.64. The summed E-state index contributed by atoms with van der Waals surface area (Å²) in [7, 11) is 6.90. The van der Waals surface area contributed by atoms with E-state index >= 15 is 0 Å². The maximum Gasteiger partial charge on any atom is 0.425 e. The number of carbonyl (C=O) groups is 3. The van der Waals surface area contributed by atoms with Gasteiger partial charge in [0.2, 0.25) is 6.67 Å². The van der Waals surface area contributed by atoms with Crippen LogP contribution in [-0.4, -0.2) is 149 Å². The molecule has 1 N–H and O–H groups in total. The van der Waals surface area contributed by atoms with Gasteiger partial charge in [0.1, 0.15) is 29.9 Å². The molecule has 0 aliphatic carbocycles. The van der Waals surface area contributed by atoms with Crippen molar-refractivity contribution in [2.45, 2.75) is 141 Å². The quantitative estimate of drug-likeness (QED) is 0.147. The molecule has 0 radical (unpaired) electrons. The summed E-state index contributed by atoms with van der Waals surface area (Å²) in [4.78, 5) is 49.3. The van der Waals surface area contributed by atoms with Gasteiger partial charge in [-0.3, -0.25) is 14.6 Å². The van der Waals surface area contributed by atoms with Crippen molar-refractivity contribution < 1.29 is 52.7 Å². The van der Waals surface area contributed by atoms with Crippen LogP contribution in [0.25, 0.3) is 10.9 Å². The number of hydrazine groups is 1. The van der Waals surface area contributed by atoms with Crippen molar-refractivity contribution in [2.75, 3.05) is 41.5 Å². The summed E-state index contributed by atoms with van der Waals surface area (Å²) < 4.78 is 38.1. The zero-order valence-corrected chi connectivity index (χ0v) is 38.0. The summed E-state index contributed by atoms with van der Waals surface area (Å²) in [5.41, 5.74) is -0.292. The first-order valence-electron chi connectivity index (χ1n) is 21.7. The number of carbonyl (C=O) groups excluding carboxylic acids is 3. The molecule has 0 saturated carbocycles. The van der Waals surface area contributed by atoms with E-state index in [0.717, 1.165) is 21.2 Å². The number of hydroxylamine groups is 1. The molecular formula is C45H67N5O11. The van der Waals surface area contributed by atoms with Crippen molar-refractivity contribution in [3.63, 3.8) is 0 Å². The summed E-state index contributed by atoms with van der Waals surface area (Å²) in [5, 5.41) is 30.6. The Morgan fingerprint density at radius 1 is 1.07 bits per heavy atom. The van der Waals surface area contributed by atoms with Crippen LogP contribution >= 0.6 is 0 Å². The number of esters is 1. The molecule has 0 unspecified atom stereocenters. The lowest BCUT2D eigenvalue weighted by Crippen LogP contribution is -2.61. The molecule has 16 heteroatoms. The Balaban J connectivity index is 1.40. The standard InChI is InChI=1S/C45H67N5O11/c1-13-35-45(8)39-27(4)36(49(55)24-48(50(39)43(54)61-45)20-14-15-30-18-19-46-33-22-31(56-11)16-17-32(30)33)25(2)23-44(7,57-12)40(28(5)37(51)29(6)41(53)59-35)60-42-38(52)34(47(9)10)21-26(3)58-42/h16-19,22,25-29,34-35,38-40,42,52H,13-15,20-21,23-24H2,1-12H3/t25-,26-,27-,28+,29-,34+,35+,38-,39-,40-,42+,44+,45-/m1/s1. The number of aliphatic hydroxyl groups is 1. The van der Waals surface area contributed by atoms with Crippen molar-refractivity contribution in [3.8, 4) is 5.75 Å². The average Bonchev–Trinajstić information content (AvgIpc) is 3.43. The maximum absolute atomic E-state index is 14.8. The number of hydrogen-bond donors (Lipinski definition) is 1. The molecule has 6 rings (SSSR count). The largest absolute Gasteiger partial charge is 0.623 e. The Bertz CT molecular complexity index is 1960. The summed E-state index contributed by atoms with van der Waals surface area (Å²) in [5.74, 6) is -3.77. The molecule has 2 bridgehead atoms. The van der Waals surface area contributed by atoms with Gasteiger partial charge in [0.25, 0.3) is 0 Å². The number of methoxy groups -OCH3 is 2. The highest BCUT2D eigenvalue weighted by atomic mass is 16.7. The predicted molar refractivity (Wildman–Crippen MR) is 227 cm³/mol. The van der Waals surface area contributed by atoms with Crippen LogP contribution in [0.5, 0.6) is 5.75 Å². The molecule has 1 amide bonds. The number of fused-ring (bicyclic) bond motifs is 2. The highest BCUT2D eigenvalue weighted by Crippen LogP contribution is 2.45. The smallest absolute Gasteiger partial charge is 0.425 e. The van der Waals surface area contributed by atoms with E-state index in [2.05, 4.69) is 4.98 Å². The third kappa shape index (κ3) is 8.85. The van der Waals surface area contributed by atoms with E-state index in [1.54, 1.807) is 37.2 Å². The monoisotopic (exact) mass is 853 g/mol. The van der Waals surface area contributed by atoms with Gasteiger partial charge < -0.3 is 43.6 Å². The molecular weight excluding hydrogens is 787 g/mol. The fourth-order valence-corrected chi connectivity index (χ4v) is 10.6. The van der Waals surface area contributed by atoms with Gasteiger partial charge in [0, 0.05) is 49.2 Å². The average molecular weight is 854 g/mol. The Kier molecular flexibility index (Phi) is 14.1. The van der Waals surface area contributed by atoms with E-state index < -0.39 is 83.4 Å². The topological polar surface area (TPSA) is 176 Å². The van der Waals surface area contributed by atoms with Crippen molar-refractivity contribution in [1.29, 1.82) is 0 Å². The minimum atomic E-state index is -1.40. The second-order valence-electron chi connectivity index (χ2n) is 18.3. The van der Waals surface area contributed by atoms with Crippen molar-refractivity contribution in [3.05, 3.63) is 41.2 Å². The lowest BCUT2D eigenvalue weighted by molar-refractivity contribution is -0.494. The number of aromatic nitrogens is 1. The Morgan fingerprint density at radius 2 is 1.79 bits per heavy atom. The maximum atomic E-state index is 14.8. The van der Waals surface area contributed by atoms with Gasteiger partial charge in [-0.05, 0) is 97.7 Å². The van der Waals surface area contributed by atoms with Gasteiger partial charge in [0.05, 0.1) is 36.4 Å². The normalized spacial score (nSPS) is 36.8. The Hall–Kier alpha value is -3.93. The highest BCUT2D eigenvalue weighted by molar-refractivity contribution is 6.00. The number of ketones is 1. The fraction of sp³-hybridized carbons (Fsp3) is 0.711. The molecule has 4 aliphatic heterocycles. The molecule has 338 valence electrons. The van der Waals surface area contributed by atoms with E-state index in [1.165, 1.54) is 14.0 Å². The number of cyclic esters (lactones) is 1. The predicted octanol–water partition coefficient (Wildman–Crippen LogP) is 4.95.